The summed E-state index contributed by atoms with van der Waals surface area (Å²) in [5, 5.41) is -2.51. The monoisotopic (exact) mass is 418 g/mol. The molecule has 0 spiro atoms. The summed E-state index contributed by atoms with van der Waals surface area (Å²) in [7, 11) is 1.09. The number of rotatable bonds is 3. The average Bonchev–Trinajstić information content (AvgIpc) is 2.23. The molecule has 0 aliphatic heterocycles. The second-order valence-electron chi connectivity index (χ2n) is 3.97. The van der Waals surface area contributed by atoms with Crippen molar-refractivity contribution in [3.8, 4) is 5.75 Å². The maximum Gasteiger partial charge on any atom is 0.402 e. The van der Waals surface area contributed by atoms with Gasteiger partial charge in [0.25, 0.3) is 0 Å². The molecule has 0 bridgehead atoms. The fourth-order valence-corrected chi connectivity index (χ4v) is 3.14. The first-order chi connectivity index (χ1) is 9.39. The van der Waals surface area contributed by atoms with Gasteiger partial charge >= 0.3 is 12.4 Å². The molecule has 0 fully saturated rings. The Kier molecular flexibility index (Phi) is 5.72. The van der Waals surface area contributed by atoms with Gasteiger partial charge in [-0.05, 0) is 28.1 Å². The number of methoxy groups -OCH3 is 1. The highest BCUT2D eigenvalue weighted by molar-refractivity contribution is 9.10. The van der Waals surface area contributed by atoms with Crippen molar-refractivity contribution in [3.63, 3.8) is 0 Å². The molecular formula is C11H7BrCl2F6O. The van der Waals surface area contributed by atoms with Gasteiger partial charge < -0.3 is 4.74 Å². The Morgan fingerprint density at radius 1 is 1.10 bits per heavy atom. The van der Waals surface area contributed by atoms with E-state index in [2.05, 4.69) is 15.9 Å². The van der Waals surface area contributed by atoms with Crippen LogP contribution >= 0.6 is 39.1 Å². The van der Waals surface area contributed by atoms with Crippen LogP contribution in [0.1, 0.15) is 10.9 Å². The van der Waals surface area contributed by atoms with Crippen molar-refractivity contribution < 1.29 is 31.1 Å². The van der Waals surface area contributed by atoms with Crippen molar-refractivity contribution in [1.29, 1.82) is 0 Å². The molecule has 1 rings (SSSR count). The molecular weight excluding hydrogens is 413 g/mol. The molecule has 0 aliphatic rings. The standard InChI is InChI=1S/C11H7BrCl2F6O/c1-21-8-5(2-4(13)3-6(8)12)7(14)9(10(15,16)17)11(18,19)20/h2-3,7,9H,1H3. The minimum absolute atomic E-state index is 0.0774. The highest BCUT2D eigenvalue weighted by Crippen LogP contribution is 2.52. The van der Waals surface area contributed by atoms with Crippen molar-refractivity contribution in [3.05, 3.63) is 27.2 Å². The molecule has 1 aromatic rings. The van der Waals surface area contributed by atoms with Gasteiger partial charge in [-0.1, -0.05) is 11.6 Å². The Hall–Kier alpha value is -0.340. The summed E-state index contributed by atoms with van der Waals surface area (Å²) in [5.41, 5.74) is -0.502. The van der Waals surface area contributed by atoms with E-state index in [-0.39, 0.29) is 15.2 Å². The molecule has 0 saturated carbocycles. The molecule has 0 aromatic heterocycles. The maximum absolute atomic E-state index is 12.7. The van der Waals surface area contributed by atoms with Gasteiger partial charge in [-0.15, -0.1) is 11.6 Å². The van der Waals surface area contributed by atoms with E-state index >= 15 is 0 Å². The molecule has 0 heterocycles. The summed E-state index contributed by atoms with van der Waals surface area (Å²) in [6.07, 6.45) is -11.1. The number of halogens is 9. The normalized spacial score (nSPS) is 14.4. The van der Waals surface area contributed by atoms with E-state index in [1.807, 2.05) is 0 Å². The summed E-state index contributed by atoms with van der Waals surface area (Å²) in [6, 6.07) is 2.18. The molecule has 0 N–H and O–H groups in total. The van der Waals surface area contributed by atoms with E-state index < -0.39 is 29.2 Å². The van der Waals surface area contributed by atoms with E-state index in [4.69, 9.17) is 27.9 Å². The van der Waals surface area contributed by atoms with E-state index in [0.29, 0.717) is 0 Å². The fourth-order valence-electron chi connectivity index (χ4n) is 1.70. The van der Waals surface area contributed by atoms with Crippen LogP contribution in [0.25, 0.3) is 0 Å². The molecule has 0 amide bonds. The third-order valence-corrected chi connectivity index (χ3v) is 3.83. The van der Waals surface area contributed by atoms with Gasteiger partial charge in [-0.2, -0.15) is 26.3 Å². The SMILES string of the molecule is COc1c(Br)cc(Cl)cc1C(Cl)C(C(F)(F)F)C(F)(F)F. The number of ether oxygens (including phenoxy) is 1. The molecule has 0 saturated heterocycles. The van der Waals surface area contributed by atoms with Crippen LogP contribution in [0.2, 0.25) is 5.02 Å². The Morgan fingerprint density at radius 2 is 1.57 bits per heavy atom. The third kappa shape index (κ3) is 4.32. The van der Waals surface area contributed by atoms with Crippen molar-refractivity contribution >= 4 is 39.1 Å². The second kappa shape index (κ2) is 6.42. The lowest BCUT2D eigenvalue weighted by Gasteiger charge is -2.28. The zero-order chi connectivity index (χ0) is 16.6. The smallest absolute Gasteiger partial charge is 0.402 e. The van der Waals surface area contributed by atoms with Gasteiger partial charge in [0.1, 0.15) is 5.75 Å². The van der Waals surface area contributed by atoms with E-state index in [1.165, 1.54) is 6.07 Å². The average molecular weight is 420 g/mol. The molecule has 1 nitrogen and oxygen atoms in total. The number of alkyl halides is 7. The number of hydrogen-bond donors (Lipinski definition) is 0. The number of hydrogen-bond acceptors (Lipinski definition) is 1. The van der Waals surface area contributed by atoms with Gasteiger partial charge in [0.15, 0.2) is 5.92 Å². The first-order valence-electron chi connectivity index (χ1n) is 5.20. The first-order valence-corrected chi connectivity index (χ1v) is 6.80. The fraction of sp³-hybridized carbons (Fsp3) is 0.455. The largest absolute Gasteiger partial charge is 0.495 e. The molecule has 21 heavy (non-hydrogen) atoms. The Labute approximate surface area is 134 Å². The predicted molar refractivity (Wildman–Crippen MR) is 69.9 cm³/mol. The van der Waals surface area contributed by atoms with E-state index in [9.17, 15) is 26.3 Å². The molecule has 0 aliphatic carbocycles. The van der Waals surface area contributed by atoms with Gasteiger partial charge in [-0.3, -0.25) is 0 Å². The highest BCUT2D eigenvalue weighted by atomic mass is 79.9. The van der Waals surface area contributed by atoms with Crippen LogP contribution in [0, 0.1) is 5.92 Å². The van der Waals surface area contributed by atoms with Gasteiger partial charge in [0, 0.05) is 10.6 Å². The lowest BCUT2D eigenvalue weighted by Crippen LogP contribution is -2.39. The molecule has 120 valence electrons. The molecule has 0 radical (unpaired) electrons. The van der Waals surface area contributed by atoms with Crippen molar-refractivity contribution in [1.82, 2.24) is 0 Å². The lowest BCUT2D eigenvalue weighted by molar-refractivity contribution is -0.284. The highest BCUT2D eigenvalue weighted by Gasteiger charge is 2.60. The van der Waals surface area contributed by atoms with Crippen LogP contribution in [0.4, 0.5) is 26.3 Å². The summed E-state index contributed by atoms with van der Waals surface area (Å²) < 4.78 is 81.1. The Balaban J connectivity index is 3.44. The van der Waals surface area contributed by atoms with Crippen molar-refractivity contribution in [2.24, 2.45) is 5.92 Å². The summed E-state index contributed by atoms with van der Waals surface area (Å²) in [4.78, 5) is 0. The van der Waals surface area contributed by atoms with Crippen LogP contribution in [0.15, 0.2) is 16.6 Å². The van der Waals surface area contributed by atoms with Crippen LogP contribution in [0.3, 0.4) is 0 Å². The molecule has 1 aromatic carbocycles. The van der Waals surface area contributed by atoms with Gasteiger partial charge in [-0.25, -0.2) is 0 Å². The minimum atomic E-state index is -5.57. The van der Waals surface area contributed by atoms with Crippen LogP contribution < -0.4 is 4.74 Å². The van der Waals surface area contributed by atoms with Crippen LogP contribution in [0.5, 0.6) is 5.75 Å². The summed E-state index contributed by atoms with van der Waals surface area (Å²) >= 11 is 14.1. The van der Waals surface area contributed by atoms with Gasteiger partial charge in [0.2, 0.25) is 0 Å². The van der Waals surface area contributed by atoms with Gasteiger partial charge in [0.05, 0.1) is 17.0 Å². The quantitative estimate of drug-likeness (QED) is 0.423. The summed E-state index contributed by atoms with van der Waals surface area (Å²) in [6.45, 7) is 0. The zero-order valence-electron chi connectivity index (χ0n) is 10.1. The predicted octanol–water partition coefficient (Wildman–Crippen LogP) is 6.13. The van der Waals surface area contributed by atoms with Crippen molar-refractivity contribution in [2.45, 2.75) is 17.7 Å². The van der Waals surface area contributed by atoms with Crippen LogP contribution in [-0.4, -0.2) is 19.5 Å². The molecule has 1 atom stereocenters. The van der Waals surface area contributed by atoms with E-state index in [0.717, 1.165) is 13.2 Å². The Morgan fingerprint density at radius 3 is 1.95 bits per heavy atom. The zero-order valence-corrected chi connectivity index (χ0v) is 13.2. The Bertz CT molecular complexity index is 503. The van der Waals surface area contributed by atoms with E-state index in [1.54, 1.807) is 0 Å². The third-order valence-electron chi connectivity index (χ3n) is 2.54. The van der Waals surface area contributed by atoms with Crippen molar-refractivity contribution in [2.75, 3.05) is 7.11 Å². The molecule has 1 unspecified atom stereocenters. The second-order valence-corrected chi connectivity index (χ2v) is 5.73. The maximum atomic E-state index is 12.7. The van der Waals surface area contributed by atoms with Crippen LogP contribution in [-0.2, 0) is 0 Å². The summed E-state index contributed by atoms with van der Waals surface area (Å²) in [5.74, 6) is -3.98. The number of benzene rings is 1. The minimum Gasteiger partial charge on any atom is -0.495 e. The molecule has 10 heteroatoms. The first kappa shape index (κ1) is 18.7. The topological polar surface area (TPSA) is 9.23 Å². The lowest BCUT2D eigenvalue weighted by atomic mass is 9.96.